The van der Waals surface area contributed by atoms with Crippen molar-refractivity contribution in [3.05, 3.63) is 0 Å². The predicted octanol–water partition coefficient (Wildman–Crippen LogP) is 0.829. The fourth-order valence-electron chi connectivity index (χ4n) is 1.14. The maximum Gasteiger partial charge on any atom is 0.213 e. The van der Waals surface area contributed by atoms with E-state index in [4.69, 9.17) is 11.6 Å². The summed E-state index contributed by atoms with van der Waals surface area (Å²) < 4.78 is 24.7. The first-order valence-electron chi connectivity index (χ1n) is 5.05. The van der Waals surface area contributed by atoms with E-state index >= 15 is 0 Å². The predicted molar refractivity (Wildman–Crippen MR) is 64.9 cm³/mol. The lowest BCUT2D eigenvalue weighted by Crippen LogP contribution is -2.31. The van der Waals surface area contributed by atoms with Crippen LogP contribution in [0.4, 0.5) is 0 Å². The monoisotopic (exact) mass is 256 g/mol. The number of nitrogens with zero attached hydrogens (tertiary/aromatic N) is 2. The van der Waals surface area contributed by atoms with Gasteiger partial charge in [-0.3, -0.25) is 0 Å². The third-order valence-corrected chi connectivity index (χ3v) is 4.29. The Balaban J connectivity index is 3.91. The average Bonchev–Trinajstić information content (AvgIpc) is 2.14. The third-order valence-electron chi connectivity index (χ3n) is 2.09. The zero-order chi connectivity index (χ0) is 11.9. The summed E-state index contributed by atoms with van der Waals surface area (Å²) in [4.78, 5) is 2.04. The number of hydrogen-bond donors (Lipinski definition) is 0. The van der Waals surface area contributed by atoms with Crippen molar-refractivity contribution in [1.82, 2.24) is 9.21 Å². The van der Waals surface area contributed by atoms with Crippen molar-refractivity contribution >= 4 is 21.6 Å². The summed E-state index contributed by atoms with van der Waals surface area (Å²) in [7, 11) is 2.48. The lowest BCUT2D eigenvalue weighted by atomic mass is 10.4. The van der Waals surface area contributed by atoms with E-state index in [2.05, 4.69) is 0 Å². The minimum absolute atomic E-state index is 0.148. The number of rotatable bonds is 8. The zero-order valence-corrected chi connectivity index (χ0v) is 11.3. The summed E-state index contributed by atoms with van der Waals surface area (Å²) in [6.07, 6.45) is 1.37. The molecule has 0 saturated carbocycles. The molecule has 0 bridgehead atoms. The van der Waals surface area contributed by atoms with E-state index in [-0.39, 0.29) is 5.75 Å². The smallest absolute Gasteiger partial charge is 0.213 e. The van der Waals surface area contributed by atoms with E-state index in [0.29, 0.717) is 18.8 Å². The molecular formula is C9H21ClN2O2S. The minimum atomic E-state index is -3.09. The highest BCUT2D eigenvalue weighted by Gasteiger charge is 2.16. The molecule has 15 heavy (non-hydrogen) atoms. The van der Waals surface area contributed by atoms with Gasteiger partial charge < -0.3 is 4.90 Å². The van der Waals surface area contributed by atoms with Gasteiger partial charge in [0.2, 0.25) is 10.0 Å². The molecule has 4 nitrogen and oxygen atoms in total. The lowest BCUT2D eigenvalue weighted by molar-refractivity contribution is 0.370. The van der Waals surface area contributed by atoms with Crippen molar-refractivity contribution in [2.75, 3.05) is 45.9 Å². The molecule has 0 heterocycles. The van der Waals surface area contributed by atoms with Crippen molar-refractivity contribution < 1.29 is 8.42 Å². The van der Waals surface area contributed by atoms with Gasteiger partial charge in [-0.1, -0.05) is 0 Å². The van der Waals surface area contributed by atoms with Crippen LogP contribution in [-0.4, -0.2) is 63.5 Å². The first-order chi connectivity index (χ1) is 6.90. The summed E-state index contributed by atoms with van der Waals surface area (Å²) in [5, 5.41) is 0. The van der Waals surface area contributed by atoms with Crippen LogP contribution in [0.2, 0.25) is 0 Å². The average molecular weight is 257 g/mol. The van der Waals surface area contributed by atoms with E-state index in [9.17, 15) is 8.42 Å². The van der Waals surface area contributed by atoms with Crippen molar-refractivity contribution in [2.45, 2.75) is 12.8 Å². The Kier molecular flexibility index (Phi) is 7.52. The van der Waals surface area contributed by atoms with E-state index in [1.807, 2.05) is 19.0 Å². The molecule has 0 aliphatic rings. The van der Waals surface area contributed by atoms with E-state index in [1.165, 1.54) is 4.31 Å². The van der Waals surface area contributed by atoms with Gasteiger partial charge in [0.05, 0.1) is 5.75 Å². The Morgan fingerprint density at radius 1 is 1.07 bits per heavy atom. The van der Waals surface area contributed by atoms with Crippen molar-refractivity contribution in [1.29, 1.82) is 0 Å². The second kappa shape index (κ2) is 7.44. The van der Waals surface area contributed by atoms with Crippen LogP contribution in [-0.2, 0) is 10.0 Å². The van der Waals surface area contributed by atoms with Crippen LogP contribution in [0.15, 0.2) is 0 Å². The van der Waals surface area contributed by atoms with Crippen LogP contribution >= 0.6 is 11.6 Å². The summed E-state index contributed by atoms with van der Waals surface area (Å²) in [5.74, 6) is 0.541. The van der Waals surface area contributed by atoms with Gasteiger partial charge in [0.15, 0.2) is 0 Å². The van der Waals surface area contributed by atoms with Gasteiger partial charge in [0.1, 0.15) is 0 Å². The minimum Gasteiger partial charge on any atom is -0.309 e. The summed E-state index contributed by atoms with van der Waals surface area (Å²) in [6, 6.07) is 0. The molecular weight excluding hydrogens is 236 g/mol. The molecule has 0 radical (unpaired) electrons. The van der Waals surface area contributed by atoms with Gasteiger partial charge in [-0.25, -0.2) is 12.7 Å². The van der Waals surface area contributed by atoms with E-state index < -0.39 is 10.0 Å². The number of hydrogen-bond acceptors (Lipinski definition) is 3. The SMILES string of the molecule is CN(C)CCCN(C)S(=O)(=O)CCCCl. The molecule has 0 spiro atoms. The molecule has 0 amide bonds. The van der Waals surface area contributed by atoms with Crippen LogP contribution in [0.25, 0.3) is 0 Å². The normalized spacial score (nSPS) is 12.7. The second-order valence-corrected chi connectivity index (χ2v) is 6.41. The highest BCUT2D eigenvalue weighted by atomic mass is 35.5. The van der Waals surface area contributed by atoms with Gasteiger partial charge in [-0.2, -0.15) is 0 Å². The Bertz CT molecular complexity index is 255. The van der Waals surface area contributed by atoms with Gasteiger partial charge in [-0.05, 0) is 33.5 Å². The molecule has 0 aromatic carbocycles. The van der Waals surface area contributed by atoms with Gasteiger partial charge in [-0.15, -0.1) is 11.6 Å². The molecule has 0 rings (SSSR count). The summed E-state index contributed by atoms with van der Waals surface area (Å²) in [5.41, 5.74) is 0. The first kappa shape index (κ1) is 15.2. The largest absolute Gasteiger partial charge is 0.309 e. The molecule has 0 saturated heterocycles. The molecule has 0 aromatic heterocycles. The fraction of sp³-hybridized carbons (Fsp3) is 1.00. The van der Waals surface area contributed by atoms with Crippen LogP contribution in [0.3, 0.4) is 0 Å². The maximum atomic E-state index is 11.6. The fourth-order valence-corrected chi connectivity index (χ4v) is 2.66. The Hall–Kier alpha value is 0.160. The Morgan fingerprint density at radius 2 is 1.67 bits per heavy atom. The maximum absolute atomic E-state index is 11.6. The second-order valence-electron chi connectivity index (χ2n) is 3.84. The van der Waals surface area contributed by atoms with Gasteiger partial charge >= 0.3 is 0 Å². The topological polar surface area (TPSA) is 40.6 Å². The number of sulfonamides is 1. The molecule has 6 heteroatoms. The lowest BCUT2D eigenvalue weighted by Gasteiger charge is -2.18. The molecule has 0 aromatic rings. The Labute approximate surface area is 98.2 Å². The Morgan fingerprint density at radius 3 is 2.13 bits per heavy atom. The van der Waals surface area contributed by atoms with Crippen LogP contribution < -0.4 is 0 Å². The number of halogens is 1. The van der Waals surface area contributed by atoms with Crippen LogP contribution in [0, 0.1) is 0 Å². The molecule has 0 atom stereocenters. The molecule has 0 aliphatic heterocycles. The number of alkyl halides is 1. The molecule has 0 aliphatic carbocycles. The standard InChI is InChI=1S/C9H21ClN2O2S/c1-11(2)7-5-8-12(3)15(13,14)9-4-6-10/h4-9H2,1-3H3. The highest BCUT2D eigenvalue weighted by molar-refractivity contribution is 7.89. The molecule has 0 N–H and O–H groups in total. The van der Waals surface area contributed by atoms with Crippen molar-refractivity contribution in [3.8, 4) is 0 Å². The third kappa shape index (κ3) is 7.11. The van der Waals surface area contributed by atoms with E-state index in [1.54, 1.807) is 7.05 Å². The molecule has 0 fully saturated rings. The van der Waals surface area contributed by atoms with Gasteiger partial charge in [0, 0.05) is 19.5 Å². The molecule has 0 unspecified atom stereocenters. The summed E-state index contributed by atoms with van der Waals surface area (Å²) in [6.45, 7) is 1.47. The van der Waals surface area contributed by atoms with E-state index in [0.717, 1.165) is 13.0 Å². The van der Waals surface area contributed by atoms with Crippen LogP contribution in [0.1, 0.15) is 12.8 Å². The quantitative estimate of drug-likeness (QED) is 0.604. The van der Waals surface area contributed by atoms with Gasteiger partial charge in [0.25, 0.3) is 0 Å². The van der Waals surface area contributed by atoms with Crippen LogP contribution in [0.5, 0.6) is 0 Å². The first-order valence-corrected chi connectivity index (χ1v) is 7.19. The zero-order valence-electron chi connectivity index (χ0n) is 9.74. The summed E-state index contributed by atoms with van der Waals surface area (Å²) >= 11 is 5.47. The van der Waals surface area contributed by atoms with Crippen molar-refractivity contribution in [2.24, 2.45) is 0 Å². The highest BCUT2D eigenvalue weighted by Crippen LogP contribution is 2.02. The molecule has 92 valence electrons. The van der Waals surface area contributed by atoms with Crippen molar-refractivity contribution in [3.63, 3.8) is 0 Å².